The lowest BCUT2D eigenvalue weighted by molar-refractivity contribution is 0.0869. The maximum Gasteiger partial charge on any atom is 0.252 e. The highest BCUT2D eigenvalue weighted by Crippen LogP contribution is 2.30. The van der Waals surface area contributed by atoms with Crippen LogP contribution in [0.4, 0.5) is 0 Å². The molecule has 0 aliphatic heterocycles. The van der Waals surface area contributed by atoms with Crippen molar-refractivity contribution in [2.75, 3.05) is 20.6 Å². The minimum Gasteiger partial charge on any atom is -0.350 e. The normalized spacial score (nSPS) is 18.5. The van der Waals surface area contributed by atoms with Crippen LogP contribution in [0.3, 0.4) is 0 Å². The lowest BCUT2D eigenvalue weighted by Crippen LogP contribution is -2.52. The zero-order valence-corrected chi connectivity index (χ0v) is 14.6. The SMILES string of the molecule is Cc1cc(C(=O)NCC2(N(C)C)CCCCCC2)c(C)s1. The zero-order chi connectivity index (χ0) is 15.5. The lowest BCUT2D eigenvalue weighted by atomic mass is 9.88. The average Bonchev–Trinajstić information content (AvgIpc) is 2.65. The average molecular weight is 308 g/mol. The molecule has 0 radical (unpaired) electrons. The number of carbonyl (C=O) groups is 1. The molecular formula is C17H28N2OS. The van der Waals surface area contributed by atoms with Crippen LogP contribution in [0.25, 0.3) is 0 Å². The van der Waals surface area contributed by atoms with Crippen LogP contribution in [0.15, 0.2) is 6.07 Å². The first-order chi connectivity index (χ1) is 9.94. The topological polar surface area (TPSA) is 32.3 Å². The minimum absolute atomic E-state index is 0.0855. The summed E-state index contributed by atoms with van der Waals surface area (Å²) in [6.45, 7) is 4.84. The number of hydrogen-bond acceptors (Lipinski definition) is 3. The van der Waals surface area contributed by atoms with Crippen LogP contribution in [-0.2, 0) is 0 Å². The fourth-order valence-corrected chi connectivity index (χ4v) is 4.29. The molecule has 1 aromatic rings. The molecule has 1 fully saturated rings. The van der Waals surface area contributed by atoms with E-state index in [1.807, 2.05) is 13.0 Å². The number of rotatable bonds is 4. The molecule has 21 heavy (non-hydrogen) atoms. The van der Waals surface area contributed by atoms with Gasteiger partial charge in [0, 0.05) is 21.8 Å². The van der Waals surface area contributed by atoms with Crippen LogP contribution in [0, 0.1) is 13.8 Å². The molecule has 1 aromatic heterocycles. The van der Waals surface area contributed by atoms with Crippen molar-refractivity contribution < 1.29 is 4.79 Å². The van der Waals surface area contributed by atoms with Crippen molar-refractivity contribution in [1.29, 1.82) is 0 Å². The van der Waals surface area contributed by atoms with Crippen LogP contribution in [0.2, 0.25) is 0 Å². The summed E-state index contributed by atoms with van der Waals surface area (Å²) in [6.07, 6.45) is 7.55. The van der Waals surface area contributed by atoms with Crippen molar-refractivity contribution in [2.24, 2.45) is 0 Å². The monoisotopic (exact) mass is 308 g/mol. The molecule has 1 amide bonds. The van der Waals surface area contributed by atoms with Gasteiger partial charge in [0.2, 0.25) is 0 Å². The van der Waals surface area contributed by atoms with Crippen LogP contribution >= 0.6 is 11.3 Å². The molecule has 0 bridgehead atoms. The van der Waals surface area contributed by atoms with E-state index in [9.17, 15) is 4.79 Å². The lowest BCUT2D eigenvalue weighted by Gasteiger charge is -2.39. The van der Waals surface area contributed by atoms with Crippen molar-refractivity contribution in [3.05, 3.63) is 21.4 Å². The summed E-state index contributed by atoms with van der Waals surface area (Å²) < 4.78 is 0. The second-order valence-electron chi connectivity index (χ2n) is 6.54. The third-order valence-corrected chi connectivity index (χ3v) is 5.81. The van der Waals surface area contributed by atoms with E-state index >= 15 is 0 Å². The van der Waals surface area contributed by atoms with Crippen molar-refractivity contribution in [1.82, 2.24) is 10.2 Å². The summed E-state index contributed by atoms with van der Waals surface area (Å²) >= 11 is 1.70. The molecule has 0 unspecified atom stereocenters. The van der Waals surface area contributed by atoms with Gasteiger partial charge in [0.1, 0.15) is 0 Å². The standard InChI is InChI=1S/C17H28N2OS/c1-13-11-15(14(2)21-13)16(20)18-12-17(19(3)4)9-7-5-6-8-10-17/h11H,5-10,12H2,1-4H3,(H,18,20). The molecule has 2 rings (SSSR count). The second kappa shape index (κ2) is 6.93. The third kappa shape index (κ3) is 3.86. The first kappa shape index (κ1) is 16.5. The molecule has 0 aromatic carbocycles. The van der Waals surface area contributed by atoms with Gasteiger partial charge >= 0.3 is 0 Å². The number of hydrogen-bond donors (Lipinski definition) is 1. The fourth-order valence-electron chi connectivity index (χ4n) is 3.37. The van der Waals surface area contributed by atoms with Gasteiger partial charge in [-0.05, 0) is 46.9 Å². The summed E-state index contributed by atoms with van der Waals surface area (Å²) in [5.41, 5.74) is 0.977. The number of thiophene rings is 1. The number of aryl methyl sites for hydroxylation is 2. The number of carbonyl (C=O) groups excluding carboxylic acids is 1. The van der Waals surface area contributed by atoms with E-state index in [0.29, 0.717) is 0 Å². The molecule has 0 saturated heterocycles. The highest BCUT2D eigenvalue weighted by molar-refractivity contribution is 7.12. The largest absolute Gasteiger partial charge is 0.350 e. The molecule has 0 atom stereocenters. The minimum atomic E-state index is 0.0855. The highest BCUT2D eigenvalue weighted by atomic mass is 32.1. The quantitative estimate of drug-likeness (QED) is 0.859. The summed E-state index contributed by atoms with van der Waals surface area (Å²) in [4.78, 5) is 17.1. The van der Waals surface area contributed by atoms with Crippen LogP contribution in [0.1, 0.15) is 58.6 Å². The Labute approximate surface area is 132 Å². The summed E-state index contributed by atoms with van der Waals surface area (Å²) in [5.74, 6) is 0.0855. The molecule has 1 N–H and O–H groups in total. The van der Waals surface area contributed by atoms with Crippen molar-refractivity contribution in [3.63, 3.8) is 0 Å². The first-order valence-electron chi connectivity index (χ1n) is 7.97. The van der Waals surface area contributed by atoms with Gasteiger partial charge in [0.05, 0.1) is 5.56 Å². The van der Waals surface area contributed by atoms with Gasteiger partial charge < -0.3 is 10.2 Å². The second-order valence-corrected chi connectivity index (χ2v) is 8.00. The Kier molecular flexibility index (Phi) is 5.44. The molecule has 1 aliphatic carbocycles. The fraction of sp³-hybridized carbons (Fsp3) is 0.706. The van der Waals surface area contributed by atoms with E-state index in [-0.39, 0.29) is 11.4 Å². The third-order valence-electron chi connectivity index (χ3n) is 4.85. The number of amides is 1. The van der Waals surface area contributed by atoms with Crippen LogP contribution in [0.5, 0.6) is 0 Å². The highest BCUT2D eigenvalue weighted by Gasteiger charge is 2.33. The smallest absolute Gasteiger partial charge is 0.252 e. The molecule has 118 valence electrons. The Morgan fingerprint density at radius 2 is 1.86 bits per heavy atom. The van der Waals surface area contributed by atoms with Gasteiger partial charge in [-0.2, -0.15) is 0 Å². The number of nitrogens with zero attached hydrogens (tertiary/aromatic N) is 1. The summed E-state index contributed by atoms with van der Waals surface area (Å²) in [5, 5.41) is 3.20. The molecule has 3 nitrogen and oxygen atoms in total. The molecular weight excluding hydrogens is 280 g/mol. The molecule has 1 aliphatic rings. The summed E-state index contributed by atoms with van der Waals surface area (Å²) in [6, 6.07) is 2.00. The predicted octanol–water partition coefficient (Wildman–Crippen LogP) is 3.75. The maximum absolute atomic E-state index is 12.4. The number of nitrogens with one attached hydrogen (secondary N) is 1. The maximum atomic E-state index is 12.4. The van der Waals surface area contributed by atoms with E-state index in [1.165, 1.54) is 43.4 Å². The Morgan fingerprint density at radius 3 is 2.33 bits per heavy atom. The zero-order valence-electron chi connectivity index (χ0n) is 13.8. The molecule has 1 saturated carbocycles. The van der Waals surface area contributed by atoms with Crippen molar-refractivity contribution in [3.8, 4) is 0 Å². The van der Waals surface area contributed by atoms with Gasteiger partial charge in [-0.25, -0.2) is 0 Å². The molecule has 1 heterocycles. The van der Waals surface area contributed by atoms with E-state index in [1.54, 1.807) is 11.3 Å². The van der Waals surface area contributed by atoms with E-state index < -0.39 is 0 Å². The summed E-state index contributed by atoms with van der Waals surface area (Å²) in [7, 11) is 4.30. The van der Waals surface area contributed by atoms with Crippen molar-refractivity contribution in [2.45, 2.75) is 57.9 Å². The molecule has 4 heteroatoms. The van der Waals surface area contributed by atoms with Gasteiger partial charge in [-0.1, -0.05) is 25.7 Å². The Bertz CT molecular complexity index is 485. The number of likely N-dealkylation sites (N-methyl/N-ethyl adjacent to an activating group) is 1. The predicted molar refractivity (Wildman–Crippen MR) is 90.2 cm³/mol. The van der Waals surface area contributed by atoms with Gasteiger partial charge in [-0.15, -0.1) is 11.3 Å². The van der Waals surface area contributed by atoms with Gasteiger partial charge in [0.15, 0.2) is 0 Å². The van der Waals surface area contributed by atoms with E-state index in [2.05, 4.69) is 31.2 Å². The van der Waals surface area contributed by atoms with E-state index in [0.717, 1.165) is 17.0 Å². The molecule has 0 spiro atoms. The van der Waals surface area contributed by atoms with E-state index in [4.69, 9.17) is 0 Å². The van der Waals surface area contributed by atoms with Crippen LogP contribution in [-0.4, -0.2) is 37.0 Å². The van der Waals surface area contributed by atoms with Gasteiger partial charge in [-0.3, -0.25) is 4.79 Å². The van der Waals surface area contributed by atoms with Gasteiger partial charge in [0.25, 0.3) is 5.91 Å². The Balaban J connectivity index is 2.04. The Hall–Kier alpha value is -0.870. The Morgan fingerprint density at radius 1 is 1.24 bits per heavy atom. The van der Waals surface area contributed by atoms with Crippen LogP contribution < -0.4 is 5.32 Å². The van der Waals surface area contributed by atoms with Crippen molar-refractivity contribution >= 4 is 17.2 Å². The first-order valence-corrected chi connectivity index (χ1v) is 8.79.